The van der Waals surface area contributed by atoms with Crippen molar-refractivity contribution in [1.82, 2.24) is 0 Å². The van der Waals surface area contributed by atoms with Crippen molar-refractivity contribution < 1.29 is 80.2 Å². The molecular weight excluding hydrogens is 1350 g/mol. The Morgan fingerprint density at radius 2 is 0.500 bits per heavy atom. The molecule has 0 aliphatic heterocycles. The number of esters is 4. The van der Waals surface area contributed by atoms with E-state index in [1.807, 2.05) is 0 Å². The zero-order chi connectivity index (χ0) is 76.0. The Kier molecular flexibility index (Phi) is 73.3. The second-order valence-electron chi connectivity index (χ2n) is 27.0. The quantitative estimate of drug-likeness (QED) is 0.0169. The van der Waals surface area contributed by atoms with Crippen LogP contribution in [0.3, 0.4) is 0 Å². The molecule has 0 saturated heterocycles. The molecule has 17 nitrogen and oxygen atoms in total. The van der Waals surface area contributed by atoms with Gasteiger partial charge in [-0.2, -0.15) is 0 Å². The standard InChI is InChI=1S/C85H146O17P2/c1-5-9-13-17-21-25-29-33-37-38-39-40-44-48-52-56-60-64-68-72-85(90)102-81(76-96-83(88)70-66-62-58-54-50-46-42-35-31-27-23-19-15-11-7-3)78-100-104(93,94)98-74-79(86)73-97-103(91,92)99-77-80(101-84(89)71-67-63-59-55-51-47-43-36-32-28-24-20-16-12-8-4)75-95-82(87)69-65-61-57-53-49-45-41-34-30-26-22-18-14-10-6-2/h9,13,21-22,24-28,31,33-34,36-37,39-41,43,48,52,79-81,86H,5-8,10-12,14-20,23,29-30,32,35,38,42,44-47,49-51,53-78H2,1-4H3,(H,91,92)(H,93,94)/b13-9-,25-21-,26-22-,28-24-,31-27-,37-33-,40-39-,41-34-,43-36-,52-48-/t79-,80-,81-/m1/s1. The van der Waals surface area contributed by atoms with Gasteiger partial charge in [-0.15, -0.1) is 0 Å². The highest BCUT2D eigenvalue weighted by atomic mass is 31.2. The number of carbonyl (C=O) groups is 4. The highest BCUT2D eigenvalue weighted by molar-refractivity contribution is 7.47. The molecule has 0 aliphatic rings. The van der Waals surface area contributed by atoms with Crippen LogP contribution in [0.25, 0.3) is 0 Å². The summed E-state index contributed by atoms with van der Waals surface area (Å²) in [6.45, 7) is 4.65. The second-order valence-corrected chi connectivity index (χ2v) is 29.9. The first-order valence-corrected chi connectivity index (χ1v) is 43.8. The van der Waals surface area contributed by atoms with Crippen molar-refractivity contribution in [1.29, 1.82) is 0 Å². The topological polar surface area (TPSA) is 237 Å². The predicted molar refractivity (Wildman–Crippen MR) is 427 cm³/mol. The third-order valence-corrected chi connectivity index (χ3v) is 18.8. The van der Waals surface area contributed by atoms with Crippen LogP contribution in [0.2, 0.25) is 0 Å². The molecule has 0 aliphatic carbocycles. The van der Waals surface area contributed by atoms with Gasteiger partial charge in [0.25, 0.3) is 0 Å². The molecular formula is C85H146O17P2. The molecule has 19 heteroatoms. The molecule has 2 unspecified atom stereocenters. The van der Waals surface area contributed by atoms with Gasteiger partial charge in [-0.3, -0.25) is 37.3 Å². The molecule has 0 radical (unpaired) electrons. The lowest BCUT2D eigenvalue weighted by Gasteiger charge is -2.21. The largest absolute Gasteiger partial charge is 0.472 e. The van der Waals surface area contributed by atoms with E-state index in [2.05, 4.69) is 149 Å². The fourth-order valence-corrected chi connectivity index (χ4v) is 12.2. The normalized spacial score (nSPS) is 14.5. The highest BCUT2D eigenvalue weighted by Gasteiger charge is 2.30. The Bertz CT molecular complexity index is 2440. The summed E-state index contributed by atoms with van der Waals surface area (Å²) in [7, 11) is -9.98. The van der Waals surface area contributed by atoms with Gasteiger partial charge in [-0.1, -0.05) is 271 Å². The molecule has 0 rings (SSSR count). The summed E-state index contributed by atoms with van der Waals surface area (Å²) < 4.78 is 68.6. The molecule has 0 aromatic rings. The van der Waals surface area contributed by atoms with Gasteiger partial charge in [0.05, 0.1) is 26.4 Å². The first kappa shape index (κ1) is 99.5. The van der Waals surface area contributed by atoms with Gasteiger partial charge >= 0.3 is 39.5 Å². The van der Waals surface area contributed by atoms with Gasteiger partial charge in [0.1, 0.15) is 19.3 Å². The van der Waals surface area contributed by atoms with Crippen LogP contribution in [0.4, 0.5) is 0 Å². The average Bonchev–Trinajstić information content (AvgIpc) is 0.943. The number of hydrogen-bond acceptors (Lipinski definition) is 15. The van der Waals surface area contributed by atoms with E-state index in [1.165, 1.54) is 77.0 Å². The van der Waals surface area contributed by atoms with Crippen molar-refractivity contribution in [3.8, 4) is 0 Å². The number of aliphatic hydroxyl groups is 1. The third-order valence-electron chi connectivity index (χ3n) is 16.9. The van der Waals surface area contributed by atoms with Crippen molar-refractivity contribution in [2.75, 3.05) is 39.6 Å². The number of ether oxygens (including phenoxy) is 4. The fourth-order valence-electron chi connectivity index (χ4n) is 10.7. The minimum Gasteiger partial charge on any atom is -0.462 e. The van der Waals surface area contributed by atoms with Gasteiger partial charge in [-0.25, -0.2) is 9.13 Å². The van der Waals surface area contributed by atoms with Crippen molar-refractivity contribution >= 4 is 39.5 Å². The van der Waals surface area contributed by atoms with E-state index < -0.39 is 97.5 Å². The third kappa shape index (κ3) is 75.7. The Hall–Kier alpha value is -4.54. The highest BCUT2D eigenvalue weighted by Crippen LogP contribution is 2.45. The summed E-state index contributed by atoms with van der Waals surface area (Å²) in [6.07, 6.45) is 84.5. The molecule has 0 aromatic carbocycles. The first-order valence-electron chi connectivity index (χ1n) is 40.8. The van der Waals surface area contributed by atoms with Gasteiger partial charge in [0.15, 0.2) is 12.2 Å². The van der Waals surface area contributed by atoms with Crippen LogP contribution >= 0.6 is 15.6 Å². The van der Waals surface area contributed by atoms with E-state index in [9.17, 15) is 43.2 Å². The second kappa shape index (κ2) is 76.6. The van der Waals surface area contributed by atoms with Gasteiger partial charge < -0.3 is 33.8 Å². The predicted octanol–water partition coefficient (Wildman–Crippen LogP) is 23.9. The van der Waals surface area contributed by atoms with Gasteiger partial charge in [0.2, 0.25) is 0 Å². The monoisotopic (exact) mass is 1500 g/mol. The van der Waals surface area contributed by atoms with Crippen molar-refractivity contribution in [3.63, 3.8) is 0 Å². The number of hydrogen-bond donors (Lipinski definition) is 3. The van der Waals surface area contributed by atoms with Gasteiger partial charge in [-0.05, 0) is 161 Å². The van der Waals surface area contributed by atoms with Crippen molar-refractivity contribution in [3.05, 3.63) is 122 Å². The maximum absolute atomic E-state index is 13.1. The van der Waals surface area contributed by atoms with Crippen LogP contribution in [-0.4, -0.2) is 96.7 Å². The minimum absolute atomic E-state index is 0.0529. The van der Waals surface area contributed by atoms with Crippen molar-refractivity contribution in [2.24, 2.45) is 0 Å². The first-order chi connectivity index (χ1) is 50.7. The zero-order valence-corrected chi connectivity index (χ0v) is 67.2. The lowest BCUT2D eigenvalue weighted by atomic mass is 10.1. The van der Waals surface area contributed by atoms with Gasteiger partial charge in [0, 0.05) is 25.7 Å². The lowest BCUT2D eigenvalue weighted by Crippen LogP contribution is -2.30. The smallest absolute Gasteiger partial charge is 0.462 e. The Morgan fingerprint density at radius 1 is 0.279 bits per heavy atom. The Morgan fingerprint density at radius 3 is 0.808 bits per heavy atom. The summed E-state index contributed by atoms with van der Waals surface area (Å²) >= 11 is 0. The molecule has 0 fully saturated rings. The number of aliphatic hydroxyl groups excluding tert-OH is 1. The molecule has 5 atom stereocenters. The minimum atomic E-state index is -4.99. The maximum Gasteiger partial charge on any atom is 0.472 e. The molecule has 0 amide bonds. The SMILES string of the molecule is CC/C=C\C/C=C\C/C=C\C/C=C\C/C=C\CCCCCC(=O)O[C@H](COC(=O)CCCCCCCCC/C=C\CCCCCC)COP(=O)(O)OC[C@H](O)COP(=O)(O)OC[C@@H](COC(=O)CCCCCCC/C=C\C/C=C\CCCCC)OC(=O)CCCCCCC/C=C\C/C=C\CCCCC. The fraction of sp³-hybridized carbons (Fsp3) is 0.718. The Labute approximate surface area is 632 Å². The molecule has 598 valence electrons. The van der Waals surface area contributed by atoms with Crippen LogP contribution < -0.4 is 0 Å². The molecule has 3 N–H and O–H groups in total. The Balaban J connectivity index is 5.42. The lowest BCUT2D eigenvalue weighted by molar-refractivity contribution is -0.161. The molecule has 0 saturated carbocycles. The maximum atomic E-state index is 13.1. The summed E-state index contributed by atoms with van der Waals surface area (Å²) in [5, 5.41) is 10.6. The summed E-state index contributed by atoms with van der Waals surface area (Å²) in [5.74, 6) is -2.24. The number of rotatable bonds is 76. The van der Waals surface area contributed by atoms with Crippen LogP contribution in [0.15, 0.2) is 122 Å². The summed E-state index contributed by atoms with van der Waals surface area (Å²) in [6, 6.07) is 0. The van der Waals surface area contributed by atoms with E-state index in [1.54, 1.807) is 0 Å². The molecule has 0 aromatic heterocycles. The number of carbonyl (C=O) groups excluding carboxylic acids is 4. The number of phosphoric acid groups is 2. The average molecular weight is 1500 g/mol. The van der Waals surface area contributed by atoms with Crippen LogP contribution in [0.1, 0.15) is 336 Å². The van der Waals surface area contributed by atoms with Crippen LogP contribution in [0.5, 0.6) is 0 Å². The number of unbranched alkanes of at least 4 members (excludes halogenated alkanes) is 30. The van der Waals surface area contributed by atoms with E-state index in [4.69, 9.17) is 37.0 Å². The van der Waals surface area contributed by atoms with E-state index in [0.717, 1.165) is 180 Å². The number of allylic oxidation sites excluding steroid dienone is 20. The summed E-state index contributed by atoms with van der Waals surface area (Å²) in [4.78, 5) is 73.1. The van der Waals surface area contributed by atoms with E-state index >= 15 is 0 Å². The molecule has 104 heavy (non-hydrogen) atoms. The molecule has 0 heterocycles. The van der Waals surface area contributed by atoms with Crippen molar-refractivity contribution in [2.45, 2.75) is 354 Å². The molecule has 0 bridgehead atoms. The number of phosphoric ester groups is 2. The summed E-state index contributed by atoms with van der Waals surface area (Å²) in [5.41, 5.74) is 0. The van der Waals surface area contributed by atoms with Crippen LogP contribution in [-0.2, 0) is 65.4 Å². The molecule has 0 spiro atoms. The van der Waals surface area contributed by atoms with E-state index in [-0.39, 0.29) is 25.7 Å². The van der Waals surface area contributed by atoms with Crippen LogP contribution in [0, 0.1) is 0 Å². The van der Waals surface area contributed by atoms with E-state index in [0.29, 0.717) is 25.7 Å². The zero-order valence-electron chi connectivity index (χ0n) is 65.4.